The summed E-state index contributed by atoms with van der Waals surface area (Å²) >= 11 is 4.26. The number of benzene rings is 2. The van der Waals surface area contributed by atoms with E-state index in [4.69, 9.17) is 0 Å². The van der Waals surface area contributed by atoms with Crippen molar-refractivity contribution in [2.45, 2.75) is 20.0 Å². The molecule has 0 aliphatic carbocycles. The van der Waals surface area contributed by atoms with E-state index in [1.165, 1.54) is 22.0 Å². The minimum atomic E-state index is -2.38. The second-order valence-corrected chi connectivity index (χ2v) is 15.0. The van der Waals surface area contributed by atoms with Crippen LogP contribution >= 0.6 is 20.8 Å². The van der Waals surface area contributed by atoms with E-state index in [9.17, 15) is 0 Å². The number of hydrogen-bond acceptors (Lipinski definition) is 0. The van der Waals surface area contributed by atoms with Gasteiger partial charge in [-0.3, -0.25) is 0 Å². The second-order valence-electron chi connectivity index (χ2n) is 5.93. The Labute approximate surface area is 135 Å². The van der Waals surface area contributed by atoms with Crippen LogP contribution in [0.5, 0.6) is 0 Å². The molecule has 0 spiro atoms. The van der Waals surface area contributed by atoms with Gasteiger partial charge in [0, 0.05) is 0 Å². The van der Waals surface area contributed by atoms with Gasteiger partial charge < -0.3 is 0 Å². The third-order valence-corrected chi connectivity index (χ3v) is 11.8. The predicted octanol–water partition coefficient (Wildman–Crippen LogP) is 6.20. The Hall–Kier alpha value is -1.17. The van der Waals surface area contributed by atoms with Crippen LogP contribution in [-0.4, -0.2) is 0 Å². The van der Waals surface area contributed by atoms with Crippen molar-refractivity contribution in [3.63, 3.8) is 0 Å². The van der Waals surface area contributed by atoms with Gasteiger partial charge in [0.15, 0.2) is 0 Å². The monoisotopic (exact) mass is 358 g/mol. The predicted molar refractivity (Wildman–Crippen MR) is 99.6 cm³/mol. The minimum absolute atomic E-state index is 1.03. The molecule has 0 bridgehead atoms. The van der Waals surface area contributed by atoms with Crippen LogP contribution in [0.15, 0.2) is 83.4 Å². The zero-order chi connectivity index (χ0) is 14.9. The fraction of sp³-hybridized carbons (Fsp3) is 0.158. The average Bonchev–Trinajstić information content (AvgIpc) is 2.72. The molecule has 0 unspecified atom stereocenters. The molecule has 0 N–H and O–H groups in total. The van der Waals surface area contributed by atoms with Crippen LogP contribution in [0.1, 0.15) is 19.4 Å². The fourth-order valence-electron chi connectivity index (χ4n) is 3.13. The molecule has 2 aromatic rings. The molecule has 1 aliphatic rings. The summed E-state index contributed by atoms with van der Waals surface area (Å²) in [7, 11) is 0. The van der Waals surface area contributed by atoms with Gasteiger partial charge in [0.25, 0.3) is 0 Å². The summed E-state index contributed by atoms with van der Waals surface area (Å²) < 4.78 is 0. The van der Waals surface area contributed by atoms with Crippen LogP contribution in [0, 0.1) is 0 Å². The maximum absolute atomic E-state index is 4.26. The standard InChI is InChI=1S/C19H20BrP/c1-16-13-21(20,14-17(16)2,19-11-7-4-8-12-19)15-18-9-5-3-6-10-18/h3-14H,15H2,1-2H3. The van der Waals surface area contributed by atoms with Crippen LogP contribution in [0.4, 0.5) is 0 Å². The van der Waals surface area contributed by atoms with Gasteiger partial charge in [0.1, 0.15) is 0 Å². The molecule has 0 atom stereocenters. The first-order valence-electron chi connectivity index (χ1n) is 7.23. The summed E-state index contributed by atoms with van der Waals surface area (Å²) in [5.74, 6) is 4.98. The maximum atomic E-state index is 4.26. The van der Waals surface area contributed by atoms with Crippen molar-refractivity contribution in [1.29, 1.82) is 0 Å². The van der Waals surface area contributed by atoms with E-state index in [1.807, 2.05) is 0 Å². The van der Waals surface area contributed by atoms with Crippen molar-refractivity contribution in [3.8, 4) is 0 Å². The summed E-state index contributed by atoms with van der Waals surface area (Å²) in [5.41, 5.74) is 4.17. The summed E-state index contributed by atoms with van der Waals surface area (Å²) in [5, 5.41) is -0.974. The first-order chi connectivity index (χ1) is 10.00. The van der Waals surface area contributed by atoms with E-state index in [0.717, 1.165) is 6.16 Å². The van der Waals surface area contributed by atoms with Gasteiger partial charge in [0.2, 0.25) is 0 Å². The van der Waals surface area contributed by atoms with Crippen LogP contribution in [0.2, 0.25) is 0 Å². The molecule has 21 heavy (non-hydrogen) atoms. The Kier molecular flexibility index (Phi) is 3.67. The van der Waals surface area contributed by atoms with Crippen LogP contribution < -0.4 is 5.30 Å². The molecule has 108 valence electrons. The van der Waals surface area contributed by atoms with E-state index < -0.39 is 5.31 Å². The Bertz CT molecular complexity index is 696. The molecule has 0 saturated carbocycles. The van der Waals surface area contributed by atoms with Crippen LogP contribution in [-0.2, 0) is 6.16 Å². The summed E-state index contributed by atoms with van der Waals surface area (Å²) in [6.45, 7) is 4.44. The number of hydrogen-bond donors (Lipinski definition) is 0. The summed E-state index contributed by atoms with van der Waals surface area (Å²) in [6.07, 6.45) is 1.03. The molecule has 0 saturated heterocycles. The van der Waals surface area contributed by atoms with Crippen molar-refractivity contribution < 1.29 is 0 Å². The van der Waals surface area contributed by atoms with Gasteiger partial charge in [-0.1, -0.05) is 0 Å². The zero-order valence-corrected chi connectivity index (χ0v) is 14.9. The second kappa shape index (κ2) is 5.23. The van der Waals surface area contributed by atoms with Gasteiger partial charge in [-0.2, -0.15) is 0 Å². The first-order valence-corrected chi connectivity index (χ1v) is 11.8. The van der Waals surface area contributed by atoms with E-state index in [-0.39, 0.29) is 0 Å². The van der Waals surface area contributed by atoms with Gasteiger partial charge in [-0.05, 0) is 0 Å². The van der Waals surface area contributed by atoms with Crippen LogP contribution in [0.25, 0.3) is 0 Å². The van der Waals surface area contributed by atoms with E-state index in [2.05, 4.69) is 102 Å². The van der Waals surface area contributed by atoms with E-state index in [0.29, 0.717) is 0 Å². The number of allylic oxidation sites excluding steroid dienone is 2. The Balaban J connectivity index is 2.18. The molecule has 0 fully saturated rings. The van der Waals surface area contributed by atoms with Crippen molar-refractivity contribution >= 4 is 26.1 Å². The third kappa shape index (κ3) is 2.65. The molecule has 2 heteroatoms. The van der Waals surface area contributed by atoms with E-state index >= 15 is 0 Å². The topological polar surface area (TPSA) is 0 Å². The van der Waals surface area contributed by atoms with Crippen molar-refractivity contribution in [3.05, 3.63) is 89.0 Å². The normalized spacial score (nSPS) is 21.0. The molecule has 0 aromatic heterocycles. The molecule has 2 aromatic carbocycles. The SMILES string of the molecule is CC1=CP(Br)(Cc2ccccc2)(c2ccccc2)C=C1C. The fourth-order valence-corrected chi connectivity index (χ4v) is 11.2. The molecule has 0 amide bonds. The van der Waals surface area contributed by atoms with Gasteiger partial charge in [0.05, 0.1) is 0 Å². The molecule has 0 radical (unpaired) electrons. The first kappa shape index (κ1) is 14.8. The quantitative estimate of drug-likeness (QED) is 0.573. The molecule has 1 aliphatic heterocycles. The molecule has 0 nitrogen and oxygen atoms in total. The summed E-state index contributed by atoms with van der Waals surface area (Å²) in [4.78, 5) is 0. The van der Waals surface area contributed by atoms with Crippen molar-refractivity contribution in [1.82, 2.24) is 0 Å². The Morgan fingerprint density at radius 3 is 1.76 bits per heavy atom. The molecular formula is C19H20BrP. The summed E-state index contributed by atoms with van der Waals surface area (Å²) in [6, 6.07) is 21.7. The van der Waals surface area contributed by atoms with Gasteiger partial charge in [-0.25, -0.2) is 0 Å². The Morgan fingerprint density at radius 1 is 0.762 bits per heavy atom. The number of halogens is 1. The molecule has 1 heterocycles. The van der Waals surface area contributed by atoms with Crippen molar-refractivity contribution in [2.24, 2.45) is 0 Å². The molecule has 3 rings (SSSR count). The van der Waals surface area contributed by atoms with E-state index in [1.54, 1.807) is 0 Å². The van der Waals surface area contributed by atoms with Crippen molar-refractivity contribution in [2.75, 3.05) is 0 Å². The average molecular weight is 359 g/mol. The van der Waals surface area contributed by atoms with Gasteiger partial charge >= 0.3 is 135 Å². The Morgan fingerprint density at radius 2 is 1.24 bits per heavy atom. The number of rotatable bonds is 3. The third-order valence-electron chi connectivity index (χ3n) is 4.25. The zero-order valence-electron chi connectivity index (χ0n) is 12.5. The van der Waals surface area contributed by atoms with Gasteiger partial charge in [-0.15, -0.1) is 0 Å². The van der Waals surface area contributed by atoms with Crippen LogP contribution in [0.3, 0.4) is 0 Å². The molecular weight excluding hydrogens is 339 g/mol.